The molecule has 0 unspecified atom stereocenters. The number of hydrogen-bond donors (Lipinski definition) is 3. The summed E-state index contributed by atoms with van der Waals surface area (Å²) in [6, 6.07) is 5.28. The van der Waals surface area contributed by atoms with Crippen molar-refractivity contribution < 1.29 is 22.7 Å². The highest BCUT2D eigenvalue weighted by atomic mass is 32.2. The molecule has 0 saturated carbocycles. The van der Waals surface area contributed by atoms with E-state index in [1.165, 1.54) is 24.3 Å². The van der Waals surface area contributed by atoms with Crippen molar-refractivity contribution in [2.75, 3.05) is 29.4 Å². The first-order valence-corrected chi connectivity index (χ1v) is 9.40. The maximum absolute atomic E-state index is 12.3. The lowest BCUT2D eigenvalue weighted by Gasteiger charge is -2.26. The van der Waals surface area contributed by atoms with Gasteiger partial charge < -0.3 is 15.8 Å². The predicted octanol–water partition coefficient (Wildman–Crippen LogP) is 1.79. The van der Waals surface area contributed by atoms with Crippen molar-refractivity contribution >= 4 is 33.5 Å². The van der Waals surface area contributed by atoms with Gasteiger partial charge in [0.25, 0.3) is 0 Å². The number of hydrogen-bond acceptors (Lipinski definition) is 6. The number of carbonyl (C=O) groups excluding carboxylic acids is 2. The quantitative estimate of drug-likeness (QED) is 0.722. The minimum atomic E-state index is -3.38. The highest BCUT2D eigenvalue weighted by Crippen LogP contribution is 2.16. The molecule has 0 bridgehead atoms. The maximum Gasteiger partial charge on any atom is 0.418 e. The van der Waals surface area contributed by atoms with Crippen LogP contribution in [0.2, 0.25) is 0 Å². The Morgan fingerprint density at radius 1 is 1.16 bits per heavy atom. The van der Waals surface area contributed by atoms with Crippen molar-refractivity contribution in [2.45, 2.75) is 26.4 Å². The number of anilines is 2. The molecule has 0 aliphatic rings. The summed E-state index contributed by atoms with van der Waals surface area (Å²) in [6.45, 7) is 5.16. The van der Waals surface area contributed by atoms with Gasteiger partial charge in [0.1, 0.15) is 5.60 Å². The first-order chi connectivity index (χ1) is 11.4. The van der Waals surface area contributed by atoms with Crippen LogP contribution >= 0.6 is 0 Å². The second-order valence-electron chi connectivity index (χ2n) is 6.30. The number of nitrogens with two attached hydrogens (primary N) is 1. The Kier molecular flexibility index (Phi) is 6.77. The Hall–Kier alpha value is -2.33. The molecule has 4 N–H and O–H groups in total. The SMILES string of the molecule is CC(C)(C)OC(=O)N(CCN)C(=O)Nc1ccc(NS(C)(=O)=O)cc1. The van der Waals surface area contributed by atoms with Crippen LogP contribution in [0.4, 0.5) is 21.0 Å². The number of ether oxygens (including phenoxy) is 1. The smallest absolute Gasteiger partial charge is 0.418 e. The molecule has 9 nitrogen and oxygen atoms in total. The maximum atomic E-state index is 12.3. The van der Waals surface area contributed by atoms with Crippen LogP contribution < -0.4 is 15.8 Å². The van der Waals surface area contributed by atoms with Crippen molar-refractivity contribution in [3.05, 3.63) is 24.3 Å². The third-order valence-electron chi connectivity index (χ3n) is 2.65. The molecule has 3 amide bonds. The number of imide groups is 1. The average Bonchev–Trinajstić information content (AvgIpc) is 2.43. The van der Waals surface area contributed by atoms with Crippen LogP contribution in [-0.4, -0.2) is 50.4 Å². The van der Waals surface area contributed by atoms with Gasteiger partial charge in [-0.2, -0.15) is 0 Å². The van der Waals surface area contributed by atoms with E-state index in [2.05, 4.69) is 10.0 Å². The zero-order valence-corrected chi connectivity index (χ0v) is 15.5. The van der Waals surface area contributed by atoms with Crippen LogP contribution in [0.25, 0.3) is 0 Å². The Morgan fingerprint density at radius 3 is 2.12 bits per heavy atom. The number of nitrogens with one attached hydrogen (secondary N) is 2. The van der Waals surface area contributed by atoms with Crippen LogP contribution in [0, 0.1) is 0 Å². The standard InChI is InChI=1S/C15H24N4O5S/c1-15(2,3)24-14(21)19(10-9-16)13(20)17-11-5-7-12(8-6-11)18-25(4,22)23/h5-8,18H,9-10,16H2,1-4H3,(H,17,20). The molecule has 0 saturated heterocycles. The molecule has 1 aromatic rings. The van der Waals surface area contributed by atoms with Crippen molar-refractivity contribution in [3.63, 3.8) is 0 Å². The molecule has 25 heavy (non-hydrogen) atoms. The fraction of sp³-hybridized carbons (Fsp3) is 0.467. The monoisotopic (exact) mass is 372 g/mol. The first kappa shape index (κ1) is 20.7. The minimum absolute atomic E-state index is 0.00549. The summed E-state index contributed by atoms with van der Waals surface area (Å²) >= 11 is 0. The number of rotatable bonds is 5. The van der Waals surface area contributed by atoms with Gasteiger partial charge in [0.15, 0.2) is 0 Å². The minimum Gasteiger partial charge on any atom is -0.443 e. The van der Waals surface area contributed by atoms with E-state index in [-0.39, 0.29) is 13.1 Å². The van der Waals surface area contributed by atoms with E-state index in [0.717, 1.165) is 11.2 Å². The van der Waals surface area contributed by atoms with Gasteiger partial charge in [0, 0.05) is 24.5 Å². The van der Waals surface area contributed by atoms with Gasteiger partial charge in [0.2, 0.25) is 10.0 Å². The number of nitrogens with zero attached hydrogens (tertiary/aromatic N) is 1. The fourth-order valence-corrected chi connectivity index (χ4v) is 2.31. The van der Waals surface area contributed by atoms with Crippen LogP contribution in [0.1, 0.15) is 20.8 Å². The molecule has 1 rings (SSSR count). The topological polar surface area (TPSA) is 131 Å². The number of amides is 3. The highest BCUT2D eigenvalue weighted by Gasteiger charge is 2.26. The van der Waals surface area contributed by atoms with E-state index >= 15 is 0 Å². The van der Waals surface area contributed by atoms with Crippen LogP contribution in [0.3, 0.4) is 0 Å². The lowest BCUT2D eigenvalue weighted by molar-refractivity contribution is 0.0337. The molecule has 0 spiro atoms. The van der Waals surface area contributed by atoms with Gasteiger partial charge in [-0.1, -0.05) is 0 Å². The van der Waals surface area contributed by atoms with E-state index < -0.39 is 27.7 Å². The molecule has 0 aliphatic carbocycles. The van der Waals surface area contributed by atoms with E-state index in [1.54, 1.807) is 20.8 Å². The zero-order chi connectivity index (χ0) is 19.3. The highest BCUT2D eigenvalue weighted by molar-refractivity contribution is 7.92. The van der Waals surface area contributed by atoms with E-state index in [9.17, 15) is 18.0 Å². The van der Waals surface area contributed by atoms with Crippen molar-refractivity contribution in [1.82, 2.24) is 4.90 Å². The third-order valence-corrected chi connectivity index (χ3v) is 3.26. The predicted molar refractivity (Wildman–Crippen MR) is 95.9 cm³/mol. The summed E-state index contributed by atoms with van der Waals surface area (Å²) < 4.78 is 29.8. The van der Waals surface area contributed by atoms with Crippen molar-refractivity contribution in [1.29, 1.82) is 0 Å². The molecule has 0 aromatic heterocycles. The third kappa shape index (κ3) is 7.86. The van der Waals surface area contributed by atoms with Crippen molar-refractivity contribution in [2.24, 2.45) is 5.73 Å². The summed E-state index contributed by atoms with van der Waals surface area (Å²) in [7, 11) is -3.38. The lowest BCUT2D eigenvalue weighted by atomic mass is 10.2. The number of carbonyl (C=O) groups is 2. The molecule has 0 fully saturated rings. The van der Waals surface area contributed by atoms with E-state index in [4.69, 9.17) is 10.5 Å². The van der Waals surface area contributed by atoms with Crippen LogP contribution in [0.5, 0.6) is 0 Å². The zero-order valence-electron chi connectivity index (χ0n) is 14.7. The van der Waals surface area contributed by atoms with Gasteiger partial charge in [-0.25, -0.2) is 22.9 Å². The average molecular weight is 372 g/mol. The van der Waals surface area contributed by atoms with Gasteiger partial charge >= 0.3 is 12.1 Å². The van der Waals surface area contributed by atoms with Gasteiger partial charge in [-0.3, -0.25) is 4.72 Å². The molecular formula is C15H24N4O5S. The fourth-order valence-electron chi connectivity index (χ4n) is 1.75. The summed E-state index contributed by atoms with van der Waals surface area (Å²) in [5.41, 5.74) is 5.44. The summed E-state index contributed by atoms with van der Waals surface area (Å²) in [4.78, 5) is 25.3. The molecule has 10 heteroatoms. The Balaban J connectivity index is 2.81. The Labute approximate surface area is 147 Å². The Bertz CT molecular complexity index is 710. The van der Waals surface area contributed by atoms with Crippen LogP contribution in [0.15, 0.2) is 24.3 Å². The van der Waals surface area contributed by atoms with Crippen LogP contribution in [-0.2, 0) is 14.8 Å². The molecule has 0 aliphatic heterocycles. The normalized spacial score (nSPS) is 11.6. The molecular weight excluding hydrogens is 348 g/mol. The van der Waals surface area contributed by atoms with E-state index in [0.29, 0.717) is 11.4 Å². The number of sulfonamides is 1. The molecule has 140 valence electrons. The summed E-state index contributed by atoms with van der Waals surface area (Å²) in [5, 5.41) is 2.54. The molecule has 0 atom stereocenters. The summed E-state index contributed by atoms with van der Waals surface area (Å²) in [5.74, 6) is 0. The van der Waals surface area contributed by atoms with Crippen molar-refractivity contribution in [3.8, 4) is 0 Å². The molecule has 1 aromatic carbocycles. The van der Waals surface area contributed by atoms with E-state index in [1.807, 2.05) is 0 Å². The van der Waals surface area contributed by atoms with Gasteiger partial charge in [-0.05, 0) is 45.0 Å². The second-order valence-corrected chi connectivity index (χ2v) is 8.05. The van der Waals surface area contributed by atoms with Gasteiger partial charge in [0.05, 0.1) is 6.26 Å². The molecule has 0 heterocycles. The lowest BCUT2D eigenvalue weighted by Crippen LogP contribution is -2.45. The van der Waals surface area contributed by atoms with Gasteiger partial charge in [-0.15, -0.1) is 0 Å². The largest absolute Gasteiger partial charge is 0.443 e. The first-order valence-electron chi connectivity index (χ1n) is 7.51. The summed E-state index contributed by atoms with van der Waals surface area (Å²) in [6.07, 6.45) is 0.236. The Morgan fingerprint density at radius 2 is 1.68 bits per heavy atom. The number of benzene rings is 1. The second kappa shape index (κ2) is 8.17. The number of urea groups is 1. The molecule has 0 radical (unpaired) electrons.